The smallest absolute Gasteiger partial charge is 0.344 e. The van der Waals surface area contributed by atoms with Gasteiger partial charge in [0.15, 0.2) is 0 Å². The molecule has 0 spiro atoms. The molecule has 1 aromatic heterocycles. The Balaban J connectivity index is 2.53. The standard InChI is InChI=1S/C13H11Br2NO3/c1-3-18-13(17)11-7(2)19-16-12(11)8-4-9(14)6-10(15)5-8/h4-6H,3H2,1-2H3. The number of benzene rings is 1. The lowest BCUT2D eigenvalue weighted by Crippen LogP contribution is -2.06. The minimum atomic E-state index is -0.424. The number of carbonyl (C=O) groups is 1. The van der Waals surface area contributed by atoms with Gasteiger partial charge in [-0.1, -0.05) is 37.0 Å². The zero-order chi connectivity index (χ0) is 14.0. The van der Waals surface area contributed by atoms with Crippen molar-refractivity contribution in [3.8, 4) is 11.3 Å². The monoisotopic (exact) mass is 387 g/mol. The highest BCUT2D eigenvalue weighted by atomic mass is 79.9. The first-order valence-electron chi connectivity index (χ1n) is 5.62. The van der Waals surface area contributed by atoms with Crippen LogP contribution in [-0.4, -0.2) is 17.7 Å². The van der Waals surface area contributed by atoms with Crippen LogP contribution in [0.2, 0.25) is 0 Å². The fourth-order valence-corrected chi connectivity index (χ4v) is 3.00. The molecule has 1 heterocycles. The Labute approximate surface area is 127 Å². The van der Waals surface area contributed by atoms with Gasteiger partial charge in [-0.05, 0) is 32.0 Å². The maximum Gasteiger partial charge on any atom is 0.344 e. The van der Waals surface area contributed by atoms with E-state index in [0.717, 1.165) is 14.5 Å². The Kier molecular flexibility index (Phi) is 4.42. The zero-order valence-corrected chi connectivity index (χ0v) is 13.5. The molecular formula is C13H11Br2NO3. The highest BCUT2D eigenvalue weighted by molar-refractivity contribution is 9.11. The van der Waals surface area contributed by atoms with Crippen molar-refractivity contribution in [1.29, 1.82) is 0 Å². The summed E-state index contributed by atoms with van der Waals surface area (Å²) in [6, 6.07) is 5.63. The average Bonchev–Trinajstić information content (AvgIpc) is 2.70. The van der Waals surface area contributed by atoms with Crippen molar-refractivity contribution in [2.45, 2.75) is 13.8 Å². The second kappa shape index (κ2) is 5.88. The molecular weight excluding hydrogens is 378 g/mol. The molecule has 0 atom stereocenters. The van der Waals surface area contributed by atoms with Crippen LogP contribution in [-0.2, 0) is 4.74 Å². The number of aryl methyl sites for hydroxylation is 1. The molecule has 19 heavy (non-hydrogen) atoms. The lowest BCUT2D eigenvalue weighted by Gasteiger charge is -2.04. The van der Waals surface area contributed by atoms with E-state index in [1.54, 1.807) is 13.8 Å². The maximum atomic E-state index is 11.9. The van der Waals surface area contributed by atoms with Gasteiger partial charge in [0.2, 0.25) is 0 Å². The number of esters is 1. The average molecular weight is 389 g/mol. The fraction of sp³-hybridized carbons (Fsp3) is 0.231. The molecule has 0 saturated carbocycles. The van der Waals surface area contributed by atoms with E-state index in [-0.39, 0.29) is 0 Å². The number of rotatable bonds is 3. The molecule has 100 valence electrons. The van der Waals surface area contributed by atoms with Crippen LogP contribution in [0.1, 0.15) is 23.0 Å². The number of ether oxygens (including phenoxy) is 1. The van der Waals surface area contributed by atoms with Crippen LogP contribution in [0.4, 0.5) is 0 Å². The third kappa shape index (κ3) is 3.06. The third-order valence-corrected chi connectivity index (χ3v) is 3.39. The van der Waals surface area contributed by atoms with Crippen LogP contribution >= 0.6 is 31.9 Å². The molecule has 0 fully saturated rings. The number of hydrogen-bond donors (Lipinski definition) is 0. The third-order valence-electron chi connectivity index (χ3n) is 2.48. The number of hydrogen-bond acceptors (Lipinski definition) is 4. The lowest BCUT2D eigenvalue weighted by molar-refractivity contribution is 0.0525. The van der Waals surface area contributed by atoms with Crippen LogP contribution < -0.4 is 0 Å². The van der Waals surface area contributed by atoms with E-state index in [1.807, 2.05) is 18.2 Å². The van der Waals surface area contributed by atoms with Gasteiger partial charge >= 0.3 is 5.97 Å². The van der Waals surface area contributed by atoms with Gasteiger partial charge in [0.05, 0.1) is 6.61 Å². The Morgan fingerprint density at radius 1 is 1.32 bits per heavy atom. The normalized spacial score (nSPS) is 10.5. The fourth-order valence-electron chi connectivity index (χ4n) is 1.70. The Morgan fingerprint density at radius 3 is 2.53 bits per heavy atom. The molecule has 0 aliphatic rings. The topological polar surface area (TPSA) is 52.3 Å². The van der Waals surface area contributed by atoms with Gasteiger partial charge in [-0.25, -0.2) is 4.79 Å². The van der Waals surface area contributed by atoms with E-state index < -0.39 is 5.97 Å². The molecule has 0 aliphatic carbocycles. The van der Waals surface area contributed by atoms with Crippen molar-refractivity contribution in [1.82, 2.24) is 5.16 Å². The minimum Gasteiger partial charge on any atom is -0.462 e. The molecule has 0 amide bonds. The number of nitrogens with zero attached hydrogens (tertiary/aromatic N) is 1. The molecule has 6 heteroatoms. The molecule has 2 aromatic rings. The van der Waals surface area contributed by atoms with Gasteiger partial charge in [0, 0.05) is 14.5 Å². The van der Waals surface area contributed by atoms with E-state index in [2.05, 4.69) is 37.0 Å². The van der Waals surface area contributed by atoms with Gasteiger partial charge in [-0.15, -0.1) is 0 Å². The van der Waals surface area contributed by atoms with Gasteiger partial charge < -0.3 is 9.26 Å². The van der Waals surface area contributed by atoms with E-state index in [9.17, 15) is 4.79 Å². The number of carbonyl (C=O) groups excluding carboxylic acids is 1. The Bertz CT molecular complexity index is 602. The summed E-state index contributed by atoms with van der Waals surface area (Å²) in [7, 11) is 0. The first-order chi connectivity index (χ1) is 9.02. The number of aromatic nitrogens is 1. The van der Waals surface area contributed by atoms with Gasteiger partial charge in [-0.3, -0.25) is 0 Å². The van der Waals surface area contributed by atoms with Gasteiger partial charge in [0.1, 0.15) is 17.0 Å². The second-order valence-corrected chi connectivity index (χ2v) is 5.67. The minimum absolute atomic E-state index is 0.311. The molecule has 4 nitrogen and oxygen atoms in total. The SMILES string of the molecule is CCOC(=O)c1c(-c2cc(Br)cc(Br)c2)noc1C. The summed E-state index contributed by atoms with van der Waals surface area (Å²) in [5.74, 6) is 0.0249. The Morgan fingerprint density at radius 2 is 1.95 bits per heavy atom. The van der Waals surface area contributed by atoms with E-state index in [0.29, 0.717) is 23.6 Å². The molecule has 0 saturated heterocycles. The predicted molar refractivity (Wildman–Crippen MR) is 78.0 cm³/mol. The molecule has 0 unspecified atom stereocenters. The summed E-state index contributed by atoms with van der Waals surface area (Å²) in [6.07, 6.45) is 0. The van der Waals surface area contributed by atoms with Crippen molar-refractivity contribution in [3.63, 3.8) is 0 Å². The Hall–Kier alpha value is -1.14. The van der Waals surface area contributed by atoms with Gasteiger partial charge in [0.25, 0.3) is 0 Å². The maximum absolute atomic E-state index is 11.9. The van der Waals surface area contributed by atoms with Crippen LogP contribution in [0.15, 0.2) is 31.7 Å². The first-order valence-corrected chi connectivity index (χ1v) is 7.21. The molecule has 0 aliphatic heterocycles. The van der Waals surface area contributed by atoms with Crippen LogP contribution in [0.5, 0.6) is 0 Å². The van der Waals surface area contributed by atoms with Crippen molar-refractivity contribution >= 4 is 37.8 Å². The van der Waals surface area contributed by atoms with Crippen molar-refractivity contribution in [2.24, 2.45) is 0 Å². The summed E-state index contributed by atoms with van der Waals surface area (Å²) >= 11 is 6.81. The highest BCUT2D eigenvalue weighted by Gasteiger charge is 2.23. The first kappa shape index (κ1) is 14.3. The summed E-state index contributed by atoms with van der Waals surface area (Å²) in [4.78, 5) is 11.9. The largest absolute Gasteiger partial charge is 0.462 e. The zero-order valence-electron chi connectivity index (χ0n) is 10.4. The van der Waals surface area contributed by atoms with Crippen molar-refractivity contribution in [2.75, 3.05) is 6.61 Å². The van der Waals surface area contributed by atoms with Crippen molar-refractivity contribution < 1.29 is 14.1 Å². The van der Waals surface area contributed by atoms with E-state index in [4.69, 9.17) is 9.26 Å². The lowest BCUT2D eigenvalue weighted by atomic mass is 10.1. The summed E-state index contributed by atoms with van der Waals surface area (Å²) in [6.45, 7) is 3.76. The van der Waals surface area contributed by atoms with Crippen LogP contribution in [0, 0.1) is 6.92 Å². The van der Waals surface area contributed by atoms with E-state index in [1.165, 1.54) is 0 Å². The quantitative estimate of drug-likeness (QED) is 0.733. The summed E-state index contributed by atoms with van der Waals surface area (Å²) in [5, 5.41) is 3.95. The molecule has 1 aromatic carbocycles. The summed E-state index contributed by atoms with van der Waals surface area (Å²) in [5.41, 5.74) is 1.63. The molecule has 0 bridgehead atoms. The van der Waals surface area contributed by atoms with Gasteiger partial charge in [-0.2, -0.15) is 0 Å². The molecule has 0 N–H and O–H groups in total. The summed E-state index contributed by atoms with van der Waals surface area (Å²) < 4.78 is 11.9. The number of halogens is 2. The predicted octanol–water partition coefficient (Wildman–Crippen LogP) is 4.35. The second-order valence-electron chi connectivity index (χ2n) is 3.84. The van der Waals surface area contributed by atoms with Crippen molar-refractivity contribution in [3.05, 3.63) is 38.5 Å². The molecule has 0 radical (unpaired) electrons. The molecule has 2 rings (SSSR count). The van der Waals surface area contributed by atoms with Crippen LogP contribution in [0.25, 0.3) is 11.3 Å². The highest BCUT2D eigenvalue weighted by Crippen LogP contribution is 2.30. The van der Waals surface area contributed by atoms with E-state index >= 15 is 0 Å². The van der Waals surface area contributed by atoms with Crippen LogP contribution in [0.3, 0.4) is 0 Å².